The molecule has 0 radical (unpaired) electrons. The van der Waals surface area contributed by atoms with Crippen LogP contribution in [0.4, 0.5) is 5.69 Å². The van der Waals surface area contributed by atoms with Crippen molar-refractivity contribution in [1.82, 2.24) is 11.1 Å². The molecule has 0 aliphatic carbocycles. The molecule has 1 heterocycles. The minimum absolute atomic E-state index is 0.909. The van der Waals surface area contributed by atoms with Crippen LogP contribution in [-0.2, 0) is 0 Å². The van der Waals surface area contributed by atoms with Gasteiger partial charge in [0, 0.05) is 0 Å². The summed E-state index contributed by atoms with van der Waals surface area (Å²) in [7, 11) is 0. The second kappa shape index (κ2) is 3.68. The number of thioether (sulfide) groups is 1. The predicted octanol–water partition coefficient (Wildman–Crippen LogP) is 1.15. The van der Waals surface area contributed by atoms with Gasteiger partial charge < -0.3 is 0 Å². The Balaban J connectivity index is 2.23. The third-order valence-electron chi connectivity index (χ3n) is 1.70. The first kappa shape index (κ1) is 8.40. The highest BCUT2D eigenvalue weighted by molar-refractivity contribution is 8.13. The van der Waals surface area contributed by atoms with Gasteiger partial charge in [-0.15, -0.1) is 10.6 Å². The third kappa shape index (κ3) is 1.61. The molecule has 0 saturated heterocycles. The molecule has 0 amide bonds. The molecule has 0 spiro atoms. The lowest BCUT2D eigenvalue weighted by Crippen LogP contribution is -2.39. The summed E-state index contributed by atoms with van der Waals surface area (Å²) in [6.45, 7) is 0. The third-order valence-corrected chi connectivity index (χ3v) is 2.34. The summed E-state index contributed by atoms with van der Waals surface area (Å²) in [4.78, 5) is 0. The zero-order valence-electron chi connectivity index (χ0n) is 7.19. The Hall–Kier alpha value is -1.20. The highest BCUT2D eigenvalue weighted by Gasteiger charge is 2.16. The van der Waals surface area contributed by atoms with Crippen LogP contribution in [0, 0.1) is 0 Å². The molecule has 5 heteroatoms. The Morgan fingerprint density at radius 3 is 2.77 bits per heavy atom. The molecular formula is C8H10N4S. The van der Waals surface area contributed by atoms with Crippen LogP contribution in [0.1, 0.15) is 0 Å². The number of nitrogens with one attached hydrogen (secondary N) is 2. The number of hydrazone groups is 1. The molecule has 1 aromatic carbocycles. The van der Waals surface area contributed by atoms with E-state index in [1.165, 1.54) is 0 Å². The van der Waals surface area contributed by atoms with Crippen molar-refractivity contribution in [2.24, 2.45) is 5.10 Å². The van der Waals surface area contributed by atoms with E-state index in [0.29, 0.717) is 0 Å². The second-order valence-electron chi connectivity index (χ2n) is 2.49. The molecule has 0 unspecified atom stereocenters. The first-order chi connectivity index (χ1) is 6.42. The van der Waals surface area contributed by atoms with Crippen molar-refractivity contribution in [2.45, 2.75) is 0 Å². The van der Waals surface area contributed by atoms with Gasteiger partial charge in [-0.1, -0.05) is 30.0 Å². The molecule has 1 aromatic rings. The van der Waals surface area contributed by atoms with Gasteiger partial charge in [0.25, 0.3) is 0 Å². The van der Waals surface area contributed by atoms with Crippen LogP contribution in [0.3, 0.4) is 0 Å². The normalized spacial score (nSPS) is 15.5. The number of benzene rings is 1. The summed E-state index contributed by atoms with van der Waals surface area (Å²) in [5, 5.41) is 6.86. The molecule has 4 nitrogen and oxygen atoms in total. The maximum Gasteiger partial charge on any atom is 0.204 e. The monoisotopic (exact) mass is 194 g/mol. The van der Waals surface area contributed by atoms with E-state index in [0.717, 1.165) is 10.9 Å². The standard InChI is InChI=1S/C8H10N4S/c1-13-8-9-10-11-12(8)7-5-3-2-4-6-7/h2-6,10-11H,1H3. The molecule has 0 saturated carbocycles. The Kier molecular flexibility index (Phi) is 2.37. The summed E-state index contributed by atoms with van der Waals surface area (Å²) < 4.78 is 0. The smallest absolute Gasteiger partial charge is 0.204 e. The minimum Gasteiger partial charge on any atom is -0.233 e. The van der Waals surface area contributed by atoms with Crippen molar-refractivity contribution < 1.29 is 0 Å². The molecule has 0 fully saturated rings. The summed E-state index contributed by atoms with van der Waals surface area (Å²) >= 11 is 1.59. The number of nitrogens with zero attached hydrogens (tertiary/aromatic N) is 2. The van der Waals surface area contributed by atoms with E-state index in [9.17, 15) is 0 Å². The summed E-state index contributed by atoms with van der Waals surface area (Å²) in [5.41, 5.74) is 6.72. The van der Waals surface area contributed by atoms with E-state index in [1.54, 1.807) is 11.8 Å². The highest BCUT2D eigenvalue weighted by Crippen LogP contribution is 2.16. The molecule has 68 valence electrons. The van der Waals surface area contributed by atoms with Gasteiger partial charge in [-0.3, -0.25) is 0 Å². The molecule has 1 aliphatic heterocycles. The average Bonchev–Trinajstić information content (AvgIpc) is 2.67. The number of amidine groups is 1. The summed E-state index contributed by atoms with van der Waals surface area (Å²) in [6.07, 6.45) is 1.99. The van der Waals surface area contributed by atoms with Crippen molar-refractivity contribution in [3.05, 3.63) is 30.3 Å². The predicted molar refractivity (Wildman–Crippen MR) is 56.1 cm³/mol. The topological polar surface area (TPSA) is 39.7 Å². The molecule has 2 N–H and O–H groups in total. The lowest BCUT2D eigenvalue weighted by atomic mass is 10.3. The highest BCUT2D eigenvalue weighted by atomic mass is 32.2. The zero-order chi connectivity index (χ0) is 9.10. The van der Waals surface area contributed by atoms with Crippen molar-refractivity contribution in [3.63, 3.8) is 0 Å². The van der Waals surface area contributed by atoms with Gasteiger partial charge in [-0.2, -0.15) is 0 Å². The lowest BCUT2D eigenvalue weighted by molar-refractivity contribution is 0.623. The fourth-order valence-corrected chi connectivity index (χ4v) is 1.58. The van der Waals surface area contributed by atoms with Gasteiger partial charge in [0.15, 0.2) is 0 Å². The minimum atomic E-state index is 0.909. The average molecular weight is 194 g/mol. The first-order valence-electron chi connectivity index (χ1n) is 3.89. The molecule has 2 rings (SSSR count). The summed E-state index contributed by atoms with van der Waals surface area (Å²) in [5.74, 6) is 0. The Morgan fingerprint density at radius 2 is 2.08 bits per heavy atom. The fraction of sp³-hybridized carbons (Fsp3) is 0.125. The van der Waals surface area contributed by atoms with Crippen LogP contribution in [0.2, 0.25) is 0 Å². The van der Waals surface area contributed by atoms with Gasteiger partial charge in [-0.25, -0.2) is 10.5 Å². The van der Waals surface area contributed by atoms with Crippen molar-refractivity contribution in [3.8, 4) is 0 Å². The molecule has 1 aliphatic rings. The van der Waals surface area contributed by atoms with Gasteiger partial charge in [0.2, 0.25) is 5.17 Å². The molecule has 0 bridgehead atoms. The van der Waals surface area contributed by atoms with E-state index in [4.69, 9.17) is 0 Å². The van der Waals surface area contributed by atoms with Crippen LogP contribution in [0.15, 0.2) is 35.4 Å². The van der Waals surface area contributed by atoms with Crippen molar-refractivity contribution >= 4 is 22.6 Å². The quantitative estimate of drug-likeness (QED) is 0.703. The van der Waals surface area contributed by atoms with E-state index in [-0.39, 0.29) is 0 Å². The number of hydrazine groups is 2. The lowest BCUT2D eigenvalue weighted by Gasteiger charge is -2.16. The van der Waals surface area contributed by atoms with Crippen LogP contribution >= 0.6 is 11.8 Å². The van der Waals surface area contributed by atoms with Crippen LogP contribution in [0.5, 0.6) is 0 Å². The van der Waals surface area contributed by atoms with E-state index < -0.39 is 0 Å². The maximum atomic E-state index is 4.06. The number of para-hydroxylation sites is 1. The van der Waals surface area contributed by atoms with Crippen LogP contribution in [0.25, 0.3) is 0 Å². The molecule has 0 aromatic heterocycles. The van der Waals surface area contributed by atoms with E-state index in [1.807, 2.05) is 41.6 Å². The van der Waals surface area contributed by atoms with Gasteiger partial charge in [0.05, 0.1) is 5.69 Å². The Morgan fingerprint density at radius 1 is 1.31 bits per heavy atom. The number of hydrogen-bond donors (Lipinski definition) is 2. The van der Waals surface area contributed by atoms with E-state index >= 15 is 0 Å². The van der Waals surface area contributed by atoms with Crippen molar-refractivity contribution in [1.29, 1.82) is 0 Å². The molecule has 13 heavy (non-hydrogen) atoms. The largest absolute Gasteiger partial charge is 0.233 e. The van der Waals surface area contributed by atoms with Crippen molar-refractivity contribution in [2.75, 3.05) is 11.3 Å². The van der Waals surface area contributed by atoms with Gasteiger partial charge >= 0.3 is 0 Å². The number of anilines is 1. The SMILES string of the molecule is CSC1=NNNN1c1ccccc1. The summed E-state index contributed by atoms with van der Waals surface area (Å²) in [6, 6.07) is 10.0. The number of hydrogen-bond acceptors (Lipinski definition) is 5. The van der Waals surface area contributed by atoms with Gasteiger partial charge in [0.1, 0.15) is 0 Å². The first-order valence-corrected chi connectivity index (χ1v) is 5.12. The Bertz CT molecular complexity index is 311. The van der Waals surface area contributed by atoms with Crippen LogP contribution < -0.4 is 16.1 Å². The molecule has 0 atom stereocenters. The second-order valence-corrected chi connectivity index (χ2v) is 3.27. The van der Waals surface area contributed by atoms with Gasteiger partial charge in [-0.05, 0) is 18.4 Å². The van der Waals surface area contributed by atoms with Crippen LogP contribution in [-0.4, -0.2) is 11.4 Å². The van der Waals surface area contributed by atoms with E-state index in [2.05, 4.69) is 16.2 Å². The number of rotatable bonds is 1. The zero-order valence-corrected chi connectivity index (χ0v) is 8.01. The molecular weight excluding hydrogens is 184 g/mol. The maximum absolute atomic E-state index is 4.06. The fourth-order valence-electron chi connectivity index (χ4n) is 1.11. The Labute approximate surface area is 80.9 Å².